The van der Waals surface area contributed by atoms with E-state index >= 15 is 0 Å². The predicted octanol–water partition coefficient (Wildman–Crippen LogP) is 2.46. The molecule has 2 aromatic rings. The van der Waals surface area contributed by atoms with Gasteiger partial charge in [0, 0.05) is 18.4 Å². The van der Waals surface area contributed by atoms with E-state index in [2.05, 4.69) is 13.0 Å². The van der Waals surface area contributed by atoms with Crippen LogP contribution < -0.4 is 9.47 Å². The standard InChI is InChI=1S/C24H30O6/c1-13-8-19-18(21-11-20(26)23(27)22(12-25)30-21)10-16(14(2)24(19)29-13)9-15-4-6-17(28-3)7-5-15/h4-7,10,13,20-23,25-27H,8-9,11-12H2,1-3H3/t13?,20?,21?,22?,23-/m0/s1. The third kappa shape index (κ3) is 3.93. The van der Waals surface area contributed by atoms with Gasteiger partial charge in [-0.1, -0.05) is 18.2 Å². The van der Waals surface area contributed by atoms with Crippen LogP contribution in [-0.2, 0) is 17.6 Å². The van der Waals surface area contributed by atoms with Crippen molar-refractivity contribution in [1.82, 2.24) is 0 Å². The summed E-state index contributed by atoms with van der Waals surface area (Å²) in [6, 6.07) is 10.1. The molecule has 2 aliphatic rings. The molecular formula is C24H30O6. The van der Waals surface area contributed by atoms with E-state index in [-0.39, 0.29) is 19.1 Å². The lowest BCUT2D eigenvalue weighted by atomic mass is 9.86. The third-order valence-corrected chi connectivity index (χ3v) is 6.24. The number of ether oxygens (including phenoxy) is 3. The molecule has 30 heavy (non-hydrogen) atoms. The topological polar surface area (TPSA) is 88.4 Å². The zero-order valence-corrected chi connectivity index (χ0v) is 17.7. The first-order chi connectivity index (χ1) is 14.4. The molecule has 3 N–H and O–H groups in total. The van der Waals surface area contributed by atoms with Gasteiger partial charge in [0.25, 0.3) is 0 Å². The Morgan fingerprint density at radius 2 is 1.90 bits per heavy atom. The van der Waals surface area contributed by atoms with Crippen molar-refractivity contribution in [2.75, 3.05) is 13.7 Å². The van der Waals surface area contributed by atoms with E-state index in [9.17, 15) is 15.3 Å². The van der Waals surface area contributed by atoms with Gasteiger partial charge < -0.3 is 29.5 Å². The maximum absolute atomic E-state index is 10.3. The molecule has 4 rings (SSSR count). The third-order valence-electron chi connectivity index (χ3n) is 6.24. The molecule has 0 saturated carbocycles. The summed E-state index contributed by atoms with van der Waals surface area (Å²) < 4.78 is 17.4. The summed E-state index contributed by atoms with van der Waals surface area (Å²) in [5, 5.41) is 30.0. The maximum atomic E-state index is 10.3. The Bertz CT molecular complexity index is 894. The molecule has 162 valence electrons. The first-order valence-corrected chi connectivity index (χ1v) is 10.5. The smallest absolute Gasteiger partial charge is 0.126 e. The van der Waals surface area contributed by atoms with Crippen LogP contribution in [0.3, 0.4) is 0 Å². The van der Waals surface area contributed by atoms with Gasteiger partial charge in [0.15, 0.2) is 0 Å². The van der Waals surface area contributed by atoms with Crippen molar-refractivity contribution in [2.24, 2.45) is 0 Å². The Hall–Kier alpha value is -2.12. The molecule has 5 atom stereocenters. The molecule has 0 aromatic heterocycles. The highest BCUT2D eigenvalue weighted by Crippen LogP contribution is 2.43. The highest BCUT2D eigenvalue weighted by Gasteiger charge is 2.39. The Morgan fingerprint density at radius 1 is 1.17 bits per heavy atom. The number of hydrogen-bond donors (Lipinski definition) is 3. The van der Waals surface area contributed by atoms with Crippen LogP contribution in [-0.4, -0.2) is 53.5 Å². The molecule has 0 aliphatic carbocycles. The molecule has 1 fully saturated rings. The van der Waals surface area contributed by atoms with Crippen LogP contribution in [0.5, 0.6) is 11.5 Å². The van der Waals surface area contributed by atoms with Crippen molar-refractivity contribution in [3.8, 4) is 11.5 Å². The van der Waals surface area contributed by atoms with Gasteiger partial charge in [0.1, 0.15) is 29.8 Å². The van der Waals surface area contributed by atoms with E-state index in [1.807, 2.05) is 31.2 Å². The minimum Gasteiger partial charge on any atom is -0.497 e. The zero-order chi connectivity index (χ0) is 21.4. The van der Waals surface area contributed by atoms with Crippen molar-refractivity contribution in [1.29, 1.82) is 0 Å². The molecule has 0 radical (unpaired) electrons. The van der Waals surface area contributed by atoms with Crippen molar-refractivity contribution in [3.05, 3.63) is 58.1 Å². The predicted molar refractivity (Wildman–Crippen MR) is 112 cm³/mol. The van der Waals surface area contributed by atoms with Crippen LogP contribution in [0.2, 0.25) is 0 Å². The fourth-order valence-corrected chi connectivity index (χ4v) is 4.53. The first kappa shape index (κ1) is 21.1. The van der Waals surface area contributed by atoms with Gasteiger partial charge in [-0.3, -0.25) is 0 Å². The van der Waals surface area contributed by atoms with E-state index in [0.29, 0.717) is 0 Å². The molecule has 2 heterocycles. The number of aliphatic hydroxyl groups is 3. The molecule has 2 aromatic carbocycles. The van der Waals surface area contributed by atoms with Gasteiger partial charge in [-0.2, -0.15) is 0 Å². The lowest BCUT2D eigenvalue weighted by Gasteiger charge is -2.37. The van der Waals surface area contributed by atoms with Gasteiger partial charge >= 0.3 is 0 Å². The number of benzene rings is 2. The lowest BCUT2D eigenvalue weighted by Crippen LogP contribution is -2.47. The highest BCUT2D eigenvalue weighted by atomic mass is 16.5. The number of rotatable bonds is 5. The van der Waals surface area contributed by atoms with E-state index in [1.165, 1.54) is 0 Å². The minimum absolute atomic E-state index is 0.0708. The van der Waals surface area contributed by atoms with Gasteiger partial charge in [-0.15, -0.1) is 0 Å². The normalized spacial score (nSPS) is 28.1. The van der Waals surface area contributed by atoms with E-state index < -0.39 is 24.4 Å². The van der Waals surface area contributed by atoms with Crippen molar-refractivity contribution in [2.45, 2.75) is 63.6 Å². The quantitative estimate of drug-likeness (QED) is 0.697. The minimum atomic E-state index is -1.08. The fourth-order valence-electron chi connectivity index (χ4n) is 4.53. The molecule has 6 heteroatoms. The van der Waals surface area contributed by atoms with E-state index in [0.717, 1.165) is 52.2 Å². The summed E-state index contributed by atoms with van der Waals surface area (Å²) in [5.74, 6) is 1.72. The lowest BCUT2D eigenvalue weighted by molar-refractivity contribution is -0.181. The van der Waals surface area contributed by atoms with Crippen molar-refractivity contribution < 1.29 is 29.5 Å². The number of methoxy groups -OCH3 is 1. The summed E-state index contributed by atoms with van der Waals surface area (Å²) in [6.45, 7) is 3.79. The molecular weight excluding hydrogens is 384 g/mol. The van der Waals surface area contributed by atoms with Crippen molar-refractivity contribution >= 4 is 0 Å². The average molecular weight is 414 g/mol. The Morgan fingerprint density at radius 3 is 2.57 bits per heavy atom. The summed E-state index contributed by atoms with van der Waals surface area (Å²) >= 11 is 0. The number of aliphatic hydroxyl groups excluding tert-OH is 3. The number of hydrogen-bond acceptors (Lipinski definition) is 6. The van der Waals surface area contributed by atoms with Crippen LogP contribution in [0.4, 0.5) is 0 Å². The van der Waals surface area contributed by atoms with Crippen LogP contribution >= 0.6 is 0 Å². The molecule has 0 spiro atoms. The SMILES string of the molecule is COc1ccc(Cc2cc(C3CC(O)[C@H](O)C(CO)O3)c3c(c2C)OC(C)C3)cc1. The Labute approximate surface area is 177 Å². The van der Waals surface area contributed by atoms with E-state index in [1.54, 1.807) is 7.11 Å². The summed E-state index contributed by atoms with van der Waals surface area (Å²) in [7, 11) is 1.65. The summed E-state index contributed by atoms with van der Waals surface area (Å²) in [5.41, 5.74) is 5.48. The second-order valence-corrected chi connectivity index (χ2v) is 8.35. The first-order valence-electron chi connectivity index (χ1n) is 10.5. The average Bonchev–Trinajstić information content (AvgIpc) is 3.14. The Kier molecular flexibility index (Phi) is 6.02. The van der Waals surface area contributed by atoms with Gasteiger partial charge in [-0.05, 0) is 54.7 Å². The Balaban J connectivity index is 1.71. The summed E-state index contributed by atoms with van der Waals surface area (Å²) in [4.78, 5) is 0. The molecule has 2 aliphatic heterocycles. The van der Waals surface area contributed by atoms with Gasteiger partial charge in [-0.25, -0.2) is 0 Å². The second kappa shape index (κ2) is 8.55. The number of fused-ring (bicyclic) bond motifs is 1. The van der Waals surface area contributed by atoms with Crippen LogP contribution in [0, 0.1) is 6.92 Å². The molecule has 6 nitrogen and oxygen atoms in total. The molecule has 0 bridgehead atoms. The van der Waals surface area contributed by atoms with Crippen molar-refractivity contribution in [3.63, 3.8) is 0 Å². The largest absolute Gasteiger partial charge is 0.497 e. The molecule has 1 saturated heterocycles. The molecule has 4 unspecified atom stereocenters. The highest BCUT2D eigenvalue weighted by molar-refractivity contribution is 5.54. The molecule has 0 amide bonds. The van der Waals surface area contributed by atoms with Crippen LogP contribution in [0.25, 0.3) is 0 Å². The second-order valence-electron chi connectivity index (χ2n) is 8.35. The summed E-state index contributed by atoms with van der Waals surface area (Å²) in [6.07, 6.45) is -1.38. The monoisotopic (exact) mass is 414 g/mol. The van der Waals surface area contributed by atoms with Crippen LogP contribution in [0.1, 0.15) is 47.3 Å². The zero-order valence-electron chi connectivity index (χ0n) is 17.7. The van der Waals surface area contributed by atoms with Gasteiger partial charge in [0.05, 0.1) is 25.9 Å². The fraction of sp³-hybridized carbons (Fsp3) is 0.500. The van der Waals surface area contributed by atoms with E-state index in [4.69, 9.17) is 14.2 Å². The van der Waals surface area contributed by atoms with Gasteiger partial charge in [0.2, 0.25) is 0 Å². The maximum Gasteiger partial charge on any atom is 0.126 e. The van der Waals surface area contributed by atoms with Crippen LogP contribution in [0.15, 0.2) is 30.3 Å².